The van der Waals surface area contributed by atoms with E-state index in [9.17, 15) is 4.79 Å². The van der Waals surface area contributed by atoms with Gasteiger partial charge in [0.25, 0.3) is 0 Å². The fraction of sp³-hybridized carbons (Fsp3) is 0.444. The van der Waals surface area contributed by atoms with Crippen LogP contribution in [0.2, 0.25) is 0 Å². The van der Waals surface area contributed by atoms with Crippen molar-refractivity contribution in [3.05, 3.63) is 18.1 Å². The molecule has 1 rings (SSSR count). The molecule has 0 aliphatic carbocycles. The Kier molecular flexibility index (Phi) is 3.39. The average molecular weight is 195 g/mol. The van der Waals surface area contributed by atoms with Crippen LogP contribution in [-0.4, -0.2) is 34.1 Å². The standard InChI is InChI=1S/C9H13N3O2/c1-3-12(4-2)8-7(9(13)14)5-10-6-11-8/h5-6H,3-4H2,1-2H3,(H,13,14). The van der Waals surface area contributed by atoms with E-state index in [0.717, 1.165) is 13.1 Å². The Morgan fingerprint density at radius 3 is 2.64 bits per heavy atom. The van der Waals surface area contributed by atoms with Gasteiger partial charge in [0.15, 0.2) is 0 Å². The van der Waals surface area contributed by atoms with E-state index in [4.69, 9.17) is 5.11 Å². The summed E-state index contributed by atoms with van der Waals surface area (Å²) in [6, 6.07) is 0. The highest BCUT2D eigenvalue weighted by atomic mass is 16.4. The minimum atomic E-state index is -0.993. The quantitative estimate of drug-likeness (QED) is 0.777. The van der Waals surface area contributed by atoms with Gasteiger partial charge in [0.05, 0.1) is 0 Å². The van der Waals surface area contributed by atoms with E-state index < -0.39 is 5.97 Å². The van der Waals surface area contributed by atoms with E-state index in [1.54, 1.807) is 0 Å². The van der Waals surface area contributed by atoms with Crippen molar-refractivity contribution in [1.29, 1.82) is 0 Å². The van der Waals surface area contributed by atoms with Gasteiger partial charge in [-0.05, 0) is 13.8 Å². The maximum absolute atomic E-state index is 10.9. The van der Waals surface area contributed by atoms with E-state index in [-0.39, 0.29) is 5.56 Å². The topological polar surface area (TPSA) is 66.3 Å². The summed E-state index contributed by atoms with van der Waals surface area (Å²) in [6.45, 7) is 5.37. The normalized spacial score (nSPS) is 9.86. The maximum atomic E-state index is 10.9. The Morgan fingerprint density at radius 2 is 2.14 bits per heavy atom. The second kappa shape index (κ2) is 4.55. The number of carboxylic acids is 1. The van der Waals surface area contributed by atoms with E-state index in [0.29, 0.717) is 5.82 Å². The van der Waals surface area contributed by atoms with Crippen molar-refractivity contribution in [1.82, 2.24) is 9.97 Å². The van der Waals surface area contributed by atoms with E-state index >= 15 is 0 Å². The molecule has 0 aromatic carbocycles. The molecular formula is C9H13N3O2. The predicted molar refractivity (Wildman–Crippen MR) is 52.6 cm³/mol. The first-order valence-corrected chi connectivity index (χ1v) is 4.48. The molecule has 0 unspecified atom stereocenters. The molecule has 0 spiro atoms. The molecule has 0 bridgehead atoms. The number of rotatable bonds is 4. The molecule has 1 N–H and O–H groups in total. The summed E-state index contributed by atoms with van der Waals surface area (Å²) in [5, 5.41) is 8.90. The van der Waals surface area contributed by atoms with Gasteiger partial charge in [-0.2, -0.15) is 0 Å². The first kappa shape index (κ1) is 10.4. The molecule has 0 saturated heterocycles. The molecule has 0 aliphatic rings. The minimum Gasteiger partial charge on any atom is -0.477 e. The van der Waals surface area contributed by atoms with Crippen LogP contribution in [0.5, 0.6) is 0 Å². The smallest absolute Gasteiger partial charge is 0.341 e. The van der Waals surface area contributed by atoms with Gasteiger partial charge in [-0.3, -0.25) is 0 Å². The number of hydrogen-bond donors (Lipinski definition) is 1. The van der Waals surface area contributed by atoms with Crippen molar-refractivity contribution in [2.24, 2.45) is 0 Å². The molecule has 5 heteroatoms. The number of carboxylic acid groups (broad SMARTS) is 1. The molecule has 14 heavy (non-hydrogen) atoms. The third-order valence-electron chi connectivity index (χ3n) is 1.98. The largest absolute Gasteiger partial charge is 0.477 e. The highest BCUT2D eigenvalue weighted by Gasteiger charge is 2.14. The Labute approximate surface area is 82.4 Å². The molecule has 0 fully saturated rings. The highest BCUT2D eigenvalue weighted by Crippen LogP contribution is 2.15. The molecule has 1 heterocycles. The molecule has 76 valence electrons. The van der Waals surface area contributed by atoms with Gasteiger partial charge in [0.1, 0.15) is 17.7 Å². The summed E-state index contributed by atoms with van der Waals surface area (Å²) in [6.07, 6.45) is 2.68. The van der Waals surface area contributed by atoms with Crippen molar-refractivity contribution < 1.29 is 9.90 Å². The van der Waals surface area contributed by atoms with Crippen LogP contribution in [0.4, 0.5) is 5.82 Å². The molecule has 0 saturated carbocycles. The molecule has 0 radical (unpaired) electrons. The van der Waals surface area contributed by atoms with Crippen LogP contribution in [0, 0.1) is 0 Å². The molecule has 0 amide bonds. The van der Waals surface area contributed by atoms with Gasteiger partial charge in [-0.15, -0.1) is 0 Å². The van der Waals surface area contributed by atoms with E-state index in [1.807, 2.05) is 18.7 Å². The van der Waals surface area contributed by atoms with Crippen LogP contribution in [0.25, 0.3) is 0 Å². The van der Waals surface area contributed by atoms with Crippen molar-refractivity contribution in [3.8, 4) is 0 Å². The van der Waals surface area contributed by atoms with Crippen LogP contribution in [0.1, 0.15) is 24.2 Å². The lowest BCUT2D eigenvalue weighted by Crippen LogP contribution is -2.25. The highest BCUT2D eigenvalue weighted by molar-refractivity contribution is 5.92. The fourth-order valence-electron chi connectivity index (χ4n) is 1.25. The number of carbonyl (C=O) groups is 1. The zero-order valence-corrected chi connectivity index (χ0v) is 8.27. The number of hydrogen-bond acceptors (Lipinski definition) is 4. The van der Waals surface area contributed by atoms with Crippen LogP contribution >= 0.6 is 0 Å². The third kappa shape index (κ3) is 1.99. The van der Waals surface area contributed by atoms with Crippen molar-refractivity contribution >= 4 is 11.8 Å². The number of aromatic carboxylic acids is 1. The summed E-state index contributed by atoms with van der Waals surface area (Å²) < 4.78 is 0. The average Bonchev–Trinajstić information content (AvgIpc) is 2.20. The molecule has 5 nitrogen and oxygen atoms in total. The molecule has 1 aromatic rings. The summed E-state index contributed by atoms with van der Waals surface area (Å²) in [5.74, 6) is -0.509. The summed E-state index contributed by atoms with van der Waals surface area (Å²) in [4.78, 5) is 20.4. The van der Waals surface area contributed by atoms with Gasteiger partial charge in [0.2, 0.25) is 0 Å². The lowest BCUT2D eigenvalue weighted by molar-refractivity contribution is 0.0696. The van der Waals surface area contributed by atoms with Gasteiger partial charge in [0, 0.05) is 19.3 Å². The zero-order chi connectivity index (χ0) is 10.6. The molecular weight excluding hydrogens is 182 g/mol. The summed E-state index contributed by atoms with van der Waals surface area (Å²) >= 11 is 0. The Balaban J connectivity index is 3.11. The number of nitrogens with zero attached hydrogens (tertiary/aromatic N) is 3. The Bertz CT molecular complexity index is 324. The minimum absolute atomic E-state index is 0.149. The molecule has 1 aromatic heterocycles. The lowest BCUT2D eigenvalue weighted by Gasteiger charge is -2.20. The van der Waals surface area contributed by atoms with Crippen molar-refractivity contribution in [2.45, 2.75) is 13.8 Å². The number of aromatic nitrogens is 2. The van der Waals surface area contributed by atoms with Gasteiger partial charge < -0.3 is 10.0 Å². The van der Waals surface area contributed by atoms with Gasteiger partial charge in [-0.25, -0.2) is 14.8 Å². The van der Waals surface area contributed by atoms with Crippen LogP contribution in [-0.2, 0) is 0 Å². The Hall–Kier alpha value is -1.65. The second-order valence-corrected chi connectivity index (χ2v) is 2.74. The Morgan fingerprint density at radius 1 is 1.50 bits per heavy atom. The van der Waals surface area contributed by atoms with Crippen LogP contribution in [0.15, 0.2) is 12.5 Å². The van der Waals surface area contributed by atoms with Crippen LogP contribution in [0.3, 0.4) is 0 Å². The van der Waals surface area contributed by atoms with Gasteiger partial charge >= 0.3 is 5.97 Å². The maximum Gasteiger partial charge on any atom is 0.341 e. The molecule has 0 aliphatic heterocycles. The monoisotopic (exact) mass is 195 g/mol. The summed E-state index contributed by atoms with van der Waals surface area (Å²) in [7, 11) is 0. The van der Waals surface area contributed by atoms with Crippen LogP contribution < -0.4 is 4.90 Å². The van der Waals surface area contributed by atoms with Gasteiger partial charge in [-0.1, -0.05) is 0 Å². The SMILES string of the molecule is CCN(CC)c1ncncc1C(=O)O. The van der Waals surface area contributed by atoms with E-state index in [2.05, 4.69) is 9.97 Å². The predicted octanol–water partition coefficient (Wildman–Crippen LogP) is 1.02. The first-order valence-electron chi connectivity index (χ1n) is 4.48. The number of anilines is 1. The first-order chi connectivity index (χ1) is 6.70. The van der Waals surface area contributed by atoms with Crippen molar-refractivity contribution in [3.63, 3.8) is 0 Å². The second-order valence-electron chi connectivity index (χ2n) is 2.74. The summed E-state index contributed by atoms with van der Waals surface area (Å²) in [5.41, 5.74) is 0.149. The fourth-order valence-corrected chi connectivity index (χ4v) is 1.25. The van der Waals surface area contributed by atoms with Crippen molar-refractivity contribution in [2.75, 3.05) is 18.0 Å². The van der Waals surface area contributed by atoms with E-state index in [1.165, 1.54) is 12.5 Å². The zero-order valence-electron chi connectivity index (χ0n) is 8.27. The third-order valence-corrected chi connectivity index (χ3v) is 1.98. The lowest BCUT2D eigenvalue weighted by atomic mass is 10.3. The molecule has 0 atom stereocenters.